The number of carbonyl (C=O) groups excluding carboxylic acids is 2. The summed E-state index contributed by atoms with van der Waals surface area (Å²) in [5.74, 6) is -1.93. The standard InChI is InChI=1S/C28H26O4/c1-3-31-26(29)21(27(30)32-4-2)17-28-22-14-8-5-11-18(22)25(19-12-6-9-15-23(19)28)20-13-7-10-16-24(20)28/h5-16,21,25H,3-4,17H2,1-2H3. The van der Waals surface area contributed by atoms with Crippen molar-refractivity contribution in [2.45, 2.75) is 31.6 Å². The summed E-state index contributed by atoms with van der Waals surface area (Å²) >= 11 is 0. The molecular formula is C28H26O4. The molecule has 0 unspecified atom stereocenters. The Morgan fingerprint density at radius 2 is 1.09 bits per heavy atom. The van der Waals surface area contributed by atoms with Crippen LogP contribution in [0.3, 0.4) is 0 Å². The lowest BCUT2D eigenvalue weighted by atomic mass is 9.51. The third kappa shape index (κ3) is 2.82. The normalized spacial score (nSPS) is 19.7. The average Bonchev–Trinajstić information content (AvgIpc) is 2.83. The molecule has 2 bridgehead atoms. The SMILES string of the molecule is CCOC(=O)C(CC12c3ccccc3C(c3ccccc31)c1ccccc12)C(=O)OCC. The Kier molecular flexibility index (Phi) is 5.09. The molecule has 4 nitrogen and oxygen atoms in total. The van der Waals surface area contributed by atoms with Gasteiger partial charge in [-0.15, -0.1) is 0 Å². The number of ether oxygens (including phenoxy) is 2. The van der Waals surface area contributed by atoms with E-state index in [9.17, 15) is 9.59 Å². The van der Waals surface area contributed by atoms with E-state index < -0.39 is 23.3 Å². The summed E-state index contributed by atoms with van der Waals surface area (Å²) in [4.78, 5) is 26.0. The fourth-order valence-corrected chi connectivity index (χ4v) is 5.73. The van der Waals surface area contributed by atoms with Crippen molar-refractivity contribution in [3.63, 3.8) is 0 Å². The second-order valence-corrected chi connectivity index (χ2v) is 8.36. The number of esters is 2. The molecule has 4 heteroatoms. The van der Waals surface area contributed by atoms with Crippen LogP contribution in [0.4, 0.5) is 0 Å². The van der Waals surface area contributed by atoms with Crippen molar-refractivity contribution in [1.82, 2.24) is 0 Å². The molecule has 0 aromatic heterocycles. The van der Waals surface area contributed by atoms with Gasteiger partial charge in [-0.2, -0.15) is 0 Å². The Morgan fingerprint density at radius 3 is 1.47 bits per heavy atom. The third-order valence-electron chi connectivity index (χ3n) is 6.85. The lowest BCUT2D eigenvalue weighted by molar-refractivity contribution is -0.162. The number of hydrogen-bond acceptors (Lipinski definition) is 4. The maximum Gasteiger partial charge on any atom is 0.320 e. The van der Waals surface area contributed by atoms with Crippen LogP contribution < -0.4 is 0 Å². The molecular weight excluding hydrogens is 400 g/mol. The van der Waals surface area contributed by atoms with Crippen molar-refractivity contribution in [3.8, 4) is 0 Å². The molecule has 3 aromatic rings. The van der Waals surface area contributed by atoms with Gasteiger partial charge in [-0.25, -0.2) is 0 Å². The molecule has 3 aromatic carbocycles. The molecule has 3 aliphatic carbocycles. The van der Waals surface area contributed by atoms with Gasteiger partial charge in [0.25, 0.3) is 0 Å². The van der Waals surface area contributed by atoms with Gasteiger partial charge >= 0.3 is 11.9 Å². The summed E-state index contributed by atoms with van der Waals surface area (Å²) in [6.45, 7) is 3.94. The van der Waals surface area contributed by atoms with Crippen molar-refractivity contribution >= 4 is 11.9 Å². The Labute approximate surface area is 188 Å². The van der Waals surface area contributed by atoms with Crippen LogP contribution in [-0.2, 0) is 24.5 Å². The summed E-state index contributed by atoms with van der Waals surface area (Å²) in [6.07, 6.45) is 0.266. The van der Waals surface area contributed by atoms with Crippen molar-refractivity contribution in [2.75, 3.05) is 13.2 Å². The maximum absolute atomic E-state index is 13.0. The molecule has 0 saturated carbocycles. The van der Waals surface area contributed by atoms with E-state index in [1.54, 1.807) is 13.8 Å². The van der Waals surface area contributed by atoms with Gasteiger partial charge in [-0.1, -0.05) is 72.8 Å². The smallest absolute Gasteiger partial charge is 0.320 e. The molecule has 0 fully saturated rings. The first kappa shape index (κ1) is 20.5. The van der Waals surface area contributed by atoms with Crippen molar-refractivity contribution in [1.29, 1.82) is 0 Å². The Bertz CT molecular complexity index is 1060. The molecule has 0 spiro atoms. The summed E-state index contributed by atoms with van der Waals surface area (Å²) < 4.78 is 10.7. The first-order chi connectivity index (χ1) is 15.6. The van der Waals surface area contributed by atoms with Crippen molar-refractivity contribution < 1.29 is 19.1 Å². The van der Waals surface area contributed by atoms with Gasteiger partial charge < -0.3 is 9.47 Å². The molecule has 32 heavy (non-hydrogen) atoms. The molecule has 0 atom stereocenters. The Hall–Kier alpha value is -3.40. The van der Waals surface area contributed by atoms with Gasteiger partial charge in [0.15, 0.2) is 5.92 Å². The van der Waals surface area contributed by atoms with E-state index >= 15 is 0 Å². The zero-order valence-corrected chi connectivity index (χ0v) is 18.3. The Morgan fingerprint density at radius 1 is 0.719 bits per heavy atom. The van der Waals surface area contributed by atoms with Crippen LogP contribution in [0, 0.1) is 5.92 Å². The monoisotopic (exact) mass is 426 g/mol. The second-order valence-electron chi connectivity index (χ2n) is 8.36. The molecule has 162 valence electrons. The largest absolute Gasteiger partial charge is 0.465 e. The lowest BCUT2D eigenvalue weighted by Gasteiger charge is -2.51. The van der Waals surface area contributed by atoms with E-state index in [1.165, 1.54) is 16.7 Å². The predicted octanol–water partition coefficient (Wildman–Crippen LogP) is 4.96. The topological polar surface area (TPSA) is 52.6 Å². The molecule has 0 aliphatic heterocycles. The number of hydrogen-bond donors (Lipinski definition) is 0. The predicted molar refractivity (Wildman–Crippen MR) is 122 cm³/mol. The van der Waals surface area contributed by atoms with E-state index in [2.05, 4.69) is 54.6 Å². The molecule has 6 rings (SSSR count). The van der Waals surface area contributed by atoms with E-state index in [4.69, 9.17) is 9.47 Å². The molecule has 0 N–H and O–H groups in total. The highest BCUT2D eigenvalue weighted by molar-refractivity contribution is 5.95. The minimum atomic E-state index is -1.02. The van der Waals surface area contributed by atoms with Crippen LogP contribution in [-0.4, -0.2) is 25.2 Å². The fraction of sp³-hybridized carbons (Fsp3) is 0.286. The molecule has 0 heterocycles. The summed E-state index contributed by atoms with van der Waals surface area (Å²) in [5, 5.41) is 0. The van der Waals surface area contributed by atoms with Gasteiger partial charge in [0.2, 0.25) is 0 Å². The minimum Gasteiger partial charge on any atom is -0.465 e. The van der Waals surface area contributed by atoms with Crippen LogP contribution in [0.15, 0.2) is 72.8 Å². The van der Waals surface area contributed by atoms with Gasteiger partial charge in [0.1, 0.15) is 0 Å². The average molecular weight is 427 g/mol. The zero-order chi connectivity index (χ0) is 22.3. The first-order valence-electron chi connectivity index (χ1n) is 11.2. The number of benzene rings is 3. The second kappa shape index (κ2) is 7.94. The number of carbonyl (C=O) groups is 2. The van der Waals surface area contributed by atoms with Gasteiger partial charge in [0.05, 0.1) is 13.2 Å². The minimum absolute atomic E-state index is 0.143. The third-order valence-corrected chi connectivity index (χ3v) is 6.85. The van der Waals surface area contributed by atoms with Crippen LogP contribution in [0.1, 0.15) is 59.6 Å². The van der Waals surface area contributed by atoms with E-state index in [0.29, 0.717) is 0 Å². The Balaban J connectivity index is 1.78. The summed E-state index contributed by atoms with van der Waals surface area (Å²) in [6, 6.07) is 25.2. The maximum atomic E-state index is 13.0. The summed E-state index contributed by atoms with van der Waals surface area (Å²) in [7, 11) is 0. The van der Waals surface area contributed by atoms with Crippen LogP contribution in [0.25, 0.3) is 0 Å². The zero-order valence-electron chi connectivity index (χ0n) is 18.3. The van der Waals surface area contributed by atoms with E-state index in [-0.39, 0.29) is 25.6 Å². The quantitative estimate of drug-likeness (QED) is 0.413. The van der Waals surface area contributed by atoms with Gasteiger partial charge in [0, 0.05) is 11.3 Å². The van der Waals surface area contributed by atoms with Crippen LogP contribution >= 0.6 is 0 Å². The molecule has 0 radical (unpaired) electrons. The lowest BCUT2D eigenvalue weighted by Crippen LogP contribution is -2.46. The van der Waals surface area contributed by atoms with Crippen LogP contribution in [0.5, 0.6) is 0 Å². The highest BCUT2D eigenvalue weighted by Gasteiger charge is 2.54. The summed E-state index contributed by atoms with van der Waals surface area (Å²) in [5.41, 5.74) is 6.52. The van der Waals surface area contributed by atoms with E-state index in [0.717, 1.165) is 16.7 Å². The van der Waals surface area contributed by atoms with Gasteiger partial charge in [-0.3, -0.25) is 9.59 Å². The highest BCUT2D eigenvalue weighted by atomic mass is 16.6. The van der Waals surface area contributed by atoms with Crippen molar-refractivity contribution in [3.05, 3.63) is 106 Å². The highest BCUT2D eigenvalue weighted by Crippen LogP contribution is 2.61. The molecule has 0 amide bonds. The van der Waals surface area contributed by atoms with E-state index in [1.807, 2.05) is 18.2 Å². The molecule has 0 saturated heterocycles. The van der Waals surface area contributed by atoms with Crippen LogP contribution in [0.2, 0.25) is 0 Å². The molecule has 3 aliphatic rings. The fourth-order valence-electron chi connectivity index (χ4n) is 5.73. The first-order valence-corrected chi connectivity index (χ1v) is 11.2. The number of rotatable bonds is 6. The van der Waals surface area contributed by atoms with Gasteiger partial charge in [-0.05, 0) is 53.6 Å². The van der Waals surface area contributed by atoms with Crippen molar-refractivity contribution in [2.24, 2.45) is 5.92 Å².